The van der Waals surface area contributed by atoms with Gasteiger partial charge < -0.3 is 5.73 Å². The molecule has 3 aromatic heterocycles. The third-order valence-corrected chi connectivity index (χ3v) is 5.88. The molecule has 0 bridgehead atoms. The van der Waals surface area contributed by atoms with Crippen LogP contribution in [0.4, 0.5) is 5.69 Å². The molecule has 8 heteroatoms. The molecule has 156 valence electrons. The first kappa shape index (κ1) is 18.9. The van der Waals surface area contributed by atoms with Crippen LogP contribution in [-0.2, 0) is 13.6 Å². The van der Waals surface area contributed by atoms with Crippen molar-refractivity contribution in [3.8, 4) is 5.69 Å². The summed E-state index contributed by atoms with van der Waals surface area (Å²) in [4.78, 5) is 31.2. The van der Waals surface area contributed by atoms with E-state index < -0.39 is 5.69 Å². The minimum absolute atomic E-state index is 0.194. The molecule has 0 atom stereocenters. The zero-order valence-electron chi connectivity index (χ0n) is 17.5. The summed E-state index contributed by atoms with van der Waals surface area (Å²) in [7, 11) is 1.64. The smallest absolute Gasteiger partial charge is 0.332 e. The van der Waals surface area contributed by atoms with E-state index in [1.165, 1.54) is 9.13 Å². The second-order valence-corrected chi connectivity index (χ2v) is 7.70. The molecule has 5 rings (SSSR count). The van der Waals surface area contributed by atoms with Crippen LogP contribution in [0.3, 0.4) is 0 Å². The SMILES string of the molecule is Cc1c(C)n2c3c(=O)n(Cc4ccccc4)c(=O)n(C)c3nc2n1-c1ccccc1N. The molecule has 0 aliphatic rings. The van der Waals surface area contributed by atoms with Crippen molar-refractivity contribution in [1.29, 1.82) is 0 Å². The van der Waals surface area contributed by atoms with Gasteiger partial charge in [0, 0.05) is 18.4 Å². The number of hydrogen-bond donors (Lipinski definition) is 1. The van der Waals surface area contributed by atoms with Crippen molar-refractivity contribution < 1.29 is 0 Å². The van der Waals surface area contributed by atoms with Crippen LogP contribution in [0.2, 0.25) is 0 Å². The lowest BCUT2D eigenvalue weighted by Gasteiger charge is -2.09. The Balaban J connectivity index is 1.88. The Hall–Kier alpha value is -4.07. The first-order chi connectivity index (χ1) is 14.9. The van der Waals surface area contributed by atoms with E-state index in [2.05, 4.69) is 0 Å². The van der Waals surface area contributed by atoms with Crippen molar-refractivity contribution in [3.05, 3.63) is 92.4 Å². The molecule has 0 radical (unpaired) electrons. The molecule has 0 amide bonds. The maximum Gasteiger partial charge on any atom is 0.332 e. The van der Waals surface area contributed by atoms with Gasteiger partial charge in [-0.1, -0.05) is 42.5 Å². The number of imidazole rings is 2. The molecule has 8 nitrogen and oxygen atoms in total. The summed E-state index contributed by atoms with van der Waals surface area (Å²) < 4.78 is 6.44. The number of hydrogen-bond acceptors (Lipinski definition) is 4. The van der Waals surface area contributed by atoms with Gasteiger partial charge in [-0.15, -0.1) is 0 Å². The average Bonchev–Trinajstić information content (AvgIpc) is 3.27. The molecule has 0 saturated carbocycles. The fourth-order valence-corrected chi connectivity index (χ4v) is 4.14. The summed E-state index contributed by atoms with van der Waals surface area (Å²) in [6.45, 7) is 4.10. The predicted octanol–water partition coefficient (Wildman–Crippen LogP) is 2.39. The van der Waals surface area contributed by atoms with Crippen molar-refractivity contribution in [2.45, 2.75) is 20.4 Å². The van der Waals surface area contributed by atoms with Crippen LogP contribution in [0.5, 0.6) is 0 Å². The van der Waals surface area contributed by atoms with E-state index in [0.29, 0.717) is 22.6 Å². The number of nitrogens with two attached hydrogens (primary N) is 1. The Morgan fingerprint density at radius 3 is 2.32 bits per heavy atom. The van der Waals surface area contributed by atoms with Crippen LogP contribution in [0.15, 0.2) is 64.2 Å². The number of aromatic nitrogens is 5. The summed E-state index contributed by atoms with van der Waals surface area (Å²) in [5.74, 6) is 0.549. The van der Waals surface area contributed by atoms with Crippen LogP contribution in [0, 0.1) is 13.8 Å². The summed E-state index contributed by atoms with van der Waals surface area (Å²) in [6, 6.07) is 17.0. The first-order valence-electron chi connectivity index (χ1n) is 9.99. The summed E-state index contributed by atoms with van der Waals surface area (Å²) in [6.07, 6.45) is 0. The Morgan fingerprint density at radius 1 is 0.935 bits per heavy atom. The van der Waals surface area contributed by atoms with Gasteiger partial charge in [0.2, 0.25) is 5.78 Å². The molecule has 2 N–H and O–H groups in total. The van der Waals surface area contributed by atoms with Gasteiger partial charge in [-0.3, -0.25) is 22.9 Å². The molecule has 0 saturated heterocycles. The Bertz CT molecular complexity index is 1580. The fourth-order valence-electron chi connectivity index (χ4n) is 4.14. The molecule has 31 heavy (non-hydrogen) atoms. The maximum absolute atomic E-state index is 13.5. The lowest BCUT2D eigenvalue weighted by molar-refractivity contribution is 0.656. The molecule has 0 unspecified atom stereocenters. The lowest BCUT2D eigenvalue weighted by Crippen LogP contribution is -2.39. The number of anilines is 1. The highest BCUT2D eigenvalue weighted by Crippen LogP contribution is 2.27. The number of aryl methyl sites for hydroxylation is 2. The zero-order chi connectivity index (χ0) is 21.9. The van der Waals surface area contributed by atoms with Crippen molar-refractivity contribution in [2.75, 3.05) is 5.73 Å². The summed E-state index contributed by atoms with van der Waals surface area (Å²) in [5.41, 5.74) is 10.2. The van der Waals surface area contributed by atoms with Gasteiger partial charge in [0.05, 0.1) is 17.9 Å². The molecule has 0 spiro atoms. The molecular weight excluding hydrogens is 392 g/mol. The summed E-state index contributed by atoms with van der Waals surface area (Å²) in [5, 5.41) is 0. The van der Waals surface area contributed by atoms with Crippen LogP contribution >= 0.6 is 0 Å². The quantitative estimate of drug-likeness (QED) is 0.459. The molecule has 0 fully saturated rings. The highest BCUT2D eigenvalue weighted by atomic mass is 16.2. The zero-order valence-corrected chi connectivity index (χ0v) is 17.5. The van der Waals surface area contributed by atoms with Gasteiger partial charge in [0.25, 0.3) is 5.56 Å². The van der Waals surface area contributed by atoms with E-state index in [0.717, 1.165) is 22.6 Å². The fraction of sp³-hybridized carbons (Fsp3) is 0.174. The third-order valence-electron chi connectivity index (χ3n) is 5.88. The largest absolute Gasteiger partial charge is 0.397 e. The molecule has 2 aromatic carbocycles. The Kier molecular flexibility index (Phi) is 4.11. The van der Waals surface area contributed by atoms with E-state index in [1.807, 2.05) is 77.4 Å². The number of nitrogens with zero attached hydrogens (tertiary/aromatic N) is 5. The van der Waals surface area contributed by atoms with Crippen molar-refractivity contribution >= 4 is 22.6 Å². The number of rotatable bonds is 3. The van der Waals surface area contributed by atoms with Crippen molar-refractivity contribution in [1.82, 2.24) is 23.1 Å². The van der Waals surface area contributed by atoms with Crippen LogP contribution < -0.4 is 17.0 Å². The molecule has 0 aliphatic carbocycles. The summed E-state index contributed by atoms with van der Waals surface area (Å²) >= 11 is 0. The highest BCUT2D eigenvalue weighted by Gasteiger charge is 2.23. The van der Waals surface area contributed by atoms with E-state index in [4.69, 9.17) is 10.7 Å². The second kappa shape index (κ2) is 6.73. The van der Waals surface area contributed by atoms with Gasteiger partial charge in [-0.2, -0.15) is 4.98 Å². The Morgan fingerprint density at radius 2 is 1.61 bits per heavy atom. The minimum atomic E-state index is -0.401. The van der Waals surface area contributed by atoms with Gasteiger partial charge in [0.1, 0.15) is 0 Å². The lowest BCUT2D eigenvalue weighted by atomic mass is 10.2. The van der Waals surface area contributed by atoms with Crippen molar-refractivity contribution in [3.63, 3.8) is 0 Å². The first-order valence-corrected chi connectivity index (χ1v) is 9.99. The standard InChI is InChI=1S/C23H22N6O2/c1-14-15(2)29-19-20(25-22(29)28(14)18-12-8-7-11-17(18)24)26(3)23(31)27(21(19)30)13-16-9-5-4-6-10-16/h4-12H,13,24H2,1-3H3. The maximum atomic E-state index is 13.5. The normalized spacial score (nSPS) is 11.6. The minimum Gasteiger partial charge on any atom is -0.397 e. The number of benzene rings is 2. The number of nitrogen functional groups attached to an aromatic ring is 1. The van der Waals surface area contributed by atoms with Crippen molar-refractivity contribution in [2.24, 2.45) is 7.05 Å². The Labute approximate surface area is 177 Å². The topological polar surface area (TPSA) is 92.2 Å². The average molecular weight is 414 g/mol. The molecular formula is C23H22N6O2. The third kappa shape index (κ3) is 2.64. The molecule has 3 heterocycles. The predicted molar refractivity (Wildman–Crippen MR) is 121 cm³/mol. The van der Waals surface area contributed by atoms with Gasteiger partial charge >= 0.3 is 5.69 Å². The molecule has 0 aliphatic heterocycles. The van der Waals surface area contributed by atoms with E-state index in [1.54, 1.807) is 7.05 Å². The van der Waals surface area contributed by atoms with E-state index in [-0.39, 0.29) is 12.1 Å². The number of para-hydroxylation sites is 2. The molecule has 5 aromatic rings. The highest BCUT2D eigenvalue weighted by molar-refractivity contribution is 5.78. The van der Waals surface area contributed by atoms with Gasteiger partial charge in [0.15, 0.2) is 11.2 Å². The van der Waals surface area contributed by atoms with E-state index >= 15 is 0 Å². The van der Waals surface area contributed by atoms with Crippen LogP contribution in [-0.4, -0.2) is 23.1 Å². The van der Waals surface area contributed by atoms with Gasteiger partial charge in [-0.05, 0) is 31.5 Å². The number of fused-ring (bicyclic) bond motifs is 3. The van der Waals surface area contributed by atoms with Crippen LogP contribution in [0.25, 0.3) is 22.6 Å². The monoisotopic (exact) mass is 414 g/mol. The van der Waals surface area contributed by atoms with E-state index in [9.17, 15) is 9.59 Å². The van der Waals surface area contributed by atoms with Gasteiger partial charge in [-0.25, -0.2) is 4.79 Å². The second-order valence-electron chi connectivity index (χ2n) is 7.70. The van der Waals surface area contributed by atoms with Crippen LogP contribution in [0.1, 0.15) is 17.0 Å².